The van der Waals surface area contributed by atoms with Gasteiger partial charge in [-0.25, -0.2) is 0 Å². The minimum Gasteiger partial charge on any atom is -0.360 e. The third kappa shape index (κ3) is 2.87. The second-order valence-electron chi connectivity index (χ2n) is 4.30. The predicted molar refractivity (Wildman–Crippen MR) is 63.1 cm³/mol. The van der Waals surface area contributed by atoms with Crippen LogP contribution in [0, 0.1) is 0 Å². The normalized spacial score (nSPS) is 36.0. The summed E-state index contributed by atoms with van der Waals surface area (Å²) in [7, 11) is 0. The van der Waals surface area contributed by atoms with E-state index >= 15 is 0 Å². The van der Waals surface area contributed by atoms with Gasteiger partial charge in [0.1, 0.15) is 0 Å². The lowest BCUT2D eigenvalue weighted by molar-refractivity contribution is -0.119. The van der Waals surface area contributed by atoms with Crippen molar-refractivity contribution in [3.05, 3.63) is 0 Å². The van der Waals surface area contributed by atoms with Crippen LogP contribution in [0.4, 0.5) is 0 Å². The fraction of sp³-hybridized carbons (Fsp3) is 0.800. The van der Waals surface area contributed by atoms with Crippen molar-refractivity contribution in [3.8, 4) is 0 Å². The van der Waals surface area contributed by atoms with Gasteiger partial charge < -0.3 is 10.6 Å². The lowest BCUT2D eigenvalue weighted by atomic mass is 10.2. The Balaban J connectivity index is 1.91. The Bertz CT molecular complexity index is 292. The highest BCUT2D eigenvalue weighted by Gasteiger charge is 2.25. The zero-order valence-electron chi connectivity index (χ0n) is 9.12. The van der Waals surface area contributed by atoms with E-state index in [-0.39, 0.29) is 11.9 Å². The quantitative estimate of drug-likeness (QED) is 0.694. The van der Waals surface area contributed by atoms with Crippen molar-refractivity contribution in [1.82, 2.24) is 10.6 Å². The van der Waals surface area contributed by atoms with Gasteiger partial charge in [0.2, 0.25) is 5.91 Å². The van der Waals surface area contributed by atoms with Crippen LogP contribution in [0.15, 0.2) is 4.99 Å². The number of aliphatic imine (C=N–C) groups is 1. The molecule has 3 unspecified atom stereocenters. The van der Waals surface area contributed by atoms with Crippen LogP contribution in [0.25, 0.3) is 0 Å². The molecule has 15 heavy (non-hydrogen) atoms. The molecule has 0 aliphatic carbocycles. The number of hydrogen-bond donors (Lipinski definition) is 2. The number of amides is 1. The SMILES string of the molecule is CC1CC(C)SC(NC2CNC(=O)C2)=N1. The molecule has 0 radical (unpaired) electrons. The van der Waals surface area contributed by atoms with Gasteiger partial charge in [-0.1, -0.05) is 18.7 Å². The van der Waals surface area contributed by atoms with E-state index in [1.54, 1.807) is 11.8 Å². The Hall–Kier alpha value is -0.710. The summed E-state index contributed by atoms with van der Waals surface area (Å²) < 4.78 is 0. The van der Waals surface area contributed by atoms with Crippen molar-refractivity contribution in [2.75, 3.05) is 6.54 Å². The first-order valence-corrected chi connectivity index (χ1v) is 6.29. The maximum Gasteiger partial charge on any atom is 0.222 e. The number of nitrogens with one attached hydrogen (secondary N) is 2. The Kier molecular flexibility index (Phi) is 3.19. The Morgan fingerprint density at radius 2 is 2.33 bits per heavy atom. The maximum atomic E-state index is 11.0. The van der Waals surface area contributed by atoms with E-state index in [2.05, 4.69) is 29.5 Å². The summed E-state index contributed by atoms with van der Waals surface area (Å²) in [5, 5.41) is 7.77. The van der Waals surface area contributed by atoms with E-state index in [9.17, 15) is 4.79 Å². The van der Waals surface area contributed by atoms with Gasteiger partial charge in [0.25, 0.3) is 0 Å². The van der Waals surface area contributed by atoms with Crippen molar-refractivity contribution in [2.24, 2.45) is 4.99 Å². The van der Waals surface area contributed by atoms with E-state index < -0.39 is 0 Å². The first-order valence-electron chi connectivity index (χ1n) is 5.41. The van der Waals surface area contributed by atoms with E-state index in [1.165, 1.54) is 0 Å². The van der Waals surface area contributed by atoms with Crippen LogP contribution in [0.1, 0.15) is 26.7 Å². The van der Waals surface area contributed by atoms with Gasteiger partial charge in [0, 0.05) is 18.2 Å². The van der Waals surface area contributed by atoms with Crippen molar-refractivity contribution in [1.29, 1.82) is 0 Å². The molecule has 0 bridgehead atoms. The topological polar surface area (TPSA) is 53.5 Å². The van der Waals surface area contributed by atoms with Gasteiger partial charge in [-0.2, -0.15) is 0 Å². The molecule has 1 amide bonds. The van der Waals surface area contributed by atoms with Crippen LogP contribution in [-0.2, 0) is 4.79 Å². The second-order valence-corrected chi connectivity index (χ2v) is 5.72. The molecule has 0 aromatic carbocycles. The molecular weight excluding hydrogens is 210 g/mol. The van der Waals surface area contributed by atoms with Gasteiger partial charge in [-0.3, -0.25) is 9.79 Å². The third-order valence-electron chi connectivity index (χ3n) is 2.63. The van der Waals surface area contributed by atoms with E-state index in [4.69, 9.17) is 0 Å². The van der Waals surface area contributed by atoms with E-state index in [0.717, 1.165) is 18.1 Å². The summed E-state index contributed by atoms with van der Waals surface area (Å²) in [5.41, 5.74) is 0. The number of nitrogens with zero attached hydrogens (tertiary/aromatic N) is 1. The van der Waals surface area contributed by atoms with Crippen molar-refractivity contribution in [3.63, 3.8) is 0 Å². The molecule has 0 saturated carbocycles. The van der Waals surface area contributed by atoms with Crippen LogP contribution < -0.4 is 10.6 Å². The number of carbonyl (C=O) groups excluding carboxylic acids is 1. The zero-order chi connectivity index (χ0) is 10.8. The summed E-state index contributed by atoms with van der Waals surface area (Å²) in [5.74, 6) is 0.134. The molecule has 4 nitrogen and oxygen atoms in total. The molecular formula is C10H17N3OS. The average molecular weight is 227 g/mol. The fourth-order valence-corrected chi connectivity index (χ4v) is 3.19. The first kappa shape index (κ1) is 10.8. The molecule has 2 N–H and O–H groups in total. The summed E-state index contributed by atoms with van der Waals surface area (Å²) in [6, 6.07) is 0.620. The molecule has 2 heterocycles. The van der Waals surface area contributed by atoms with Gasteiger partial charge in [-0.05, 0) is 13.3 Å². The minimum atomic E-state index is 0.134. The van der Waals surface area contributed by atoms with Crippen LogP contribution >= 0.6 is 11.8 Å². The maximum absolute atomic E-state index is 11.0. The van der Waals surface area contributed by atoms with Crippen LogP contribution in [0.5, 0.6) is 0 Å². The highest BCUT2D eigenvalue weighted by Crippen LogP contribution is 2.24. The van der Waals surface area contributed by atoms with E-state index in [1.807, 2.05) is 0 Å². The van der Waals surface area contributed by atoms with Crippen molar-refractivity contribution < 1.29 is 4.79 Å². The largest absolute Gasteiger partial charge is 0.360 e. The minimum absolute atomic E-state index is 0.134. The standard InChI is InChI=1S/C10H17N3OS/c1-6-3-7(2)15-10(12-6)13-8-4-9(14)11-5-8/h6-8H,3-5H2,1-2H3,(H,11,14)(H,12,13). The summed E-state index contributed by atoms with van der Waals surface area (Å²) in [6.45, 7) is 5.08. The molecule has 2 aliphatic rings. The molecule has 5 heteroatoms. The Morgan fingerprint density at radius 1 is 1.53 bits per heavy atom. The van der Waals surface area contributed by atoms with Gasteiger partial charge in [0.05, 0.1) is 12.1 Å². The van der Waals surface area contributed by atoms with Gasteiger partial charge in [0.15, 0.2) is 5.17 Å². The molecule has 0 spiro atoms. The molecule has 2 rings (SSSR count). The molecule has 3 atom stereocenters. The lowest BCUT2D eigenvalue weighted by Crippen LogP contribution is -2.37. The van der Waals surface area contributed by atoms with Crippen LogP contribution in [0.2, 0.25) is 0 Å². The third-order valence-corrected chi connectivity index (χ3v) is 3.67. The first-order chi connectivity index (χ1) is 7.13. The van der Waals surface area contributed by atoms with Gasteiger partial charge >= 0.3 is 0 Å². The Morgan fingerprint density at radius 3 is 2.93 bits per heavy atom. The number of carbonyl (C=O) groups is 1. The summed E-state index contributed by atoms with van der Waals surface area (Å²) in [6.07, 6.45) is 1.71. The predicted octanol–water partition coefficient (Wildman–Crippen LogP) is 0.734. The smallest absolute Gasteiger partial charge is 0.222 e. The highest BCUT2D eigenvalue weighted by molar-refractivity contribution is 8.14. The fourth-order valence-electron chi connectivity index (χ4n) is 1.96. The number of thioether (sulfide) groups is 1. The van der Waals surface area contributed by atoms with Crippen molar-refractivity contribution >= 4 is 22.8 Å². The molecule has 84 valence electrons. The van der Waals surface area contributed by atoms with Gasteiger partial charge in [-0.15, -0.1) is 0 Å². The van der Waals surface area contributed by atoms with E-state index in [0.29, 0.717) is 17.7 Å². The highest BCUT2D eigenvalue weighted by atomic mass is 32.2. The average Bonchev–Trinajstić information content (AvgIpc) is 2.49. The monoisotopic (exact) mass is 227 g/mol. The molecule has 1 saturated heterocycles. The molecule has 1 fully saturated rings. The second kappa shape index (κ2) is 4.43. The number of hydrogen-bond acceptors (Lipinski definition) is 4. The van der Waals surface area contributed by atoms with Crippen LogP contribution in [0.3, 0.4) is 0 Å². The lowest BCUT2D eigenvalue weighted by Gasteiger charge is -2.24. The zero-order valence-corrected chi connectivity index (χ0v) is 9.93. The molecule has 0 aromatic rings. The Labute approximate surface area is 94.3 Å². The van der Waals surface area contributed by atoms with Crippen molar-refractivity contribution in [2.45, 2.75) is 44.0 Å². The molecule has 0 aromatic heterocycles. The summed E-state index contributed by atoms with van der Waals surface area (Å²) >= 11 is 1.78. The molecule has 2 aliphatic heterocycles. The van der Waals surface area contributed by atoms with Crippen LogP contribution in [-0.4, -0.2) is 35.0 Å². The summed E-state index contributed by atoms with van der Waals surface area (Å²) in [4.78, 5) is 15.6. The number of rotatable bonds is 1. The number of amidine groups is 1.